The first-order valence-electron chi connectivity index (χ1n) is 6.37. The van der Waals surface area contributed by atoms with Crippen molar-refractivity contribution in [1.82, 2.24) is 0 Å². The molecule has 0 spiro atoms. The molecule has 1 aliphatic rings. The number of ether oxygens (including phenoxy) is 2. The zero-order valence-electron chi connectivity index (χ0n) is 10.7. The molecule has 2 aromatic carbocycles. The van der Waals surface area contributed by atoms with Gasteiger partial charge in [0.1, 0.15) is 17.8 Å². The Kier molecular flexibility index (Phi) is 3.61. The molecular weight excluding hydrogens is 276 g/mol. The van der Waals surface area contributed by atoms with E-state index in [-0.39, 0.29) is 5.92 Å². The van der Waals surface area contributed by atoms with Crippen molar-refractivity contribution >= 4 is 17.9 Å². The molecule has 3 rings (SSSR count). The molecule has 1 heterocycles. The van der Waals surface area contributed by atoms with E-state index in [1.54, 1.807) is 18.2 Å². The van der Waals surface area contributed by atoms with E-state index in [1.807, 2.05) is 24.3 Å². The summed E-state index contributed by atoms with van der Waals surface area (Å²) >= 11 is 6.08. The minimum atomic E-state index is 0.202. The summed E-state index contributed by atoms with van der Waals surface area (Å²) < 4.78 is 11.4. The predicted molar refractivity (Wildman–Crippen MR) is 77.0 cm³/mol. The lowest BCUT2D eigenvalue weighted by atomic mass is 10.0. The summed E-state index contributed by atoms with van der Waals surface area (Å²) in [5, 5.41) is 0.446. The molecule has 0 saturated heterocycles. The fraction of sp³-hybridized carbons (Fsp3) is 0.188. The summed E-state index contributed by atoms with van der Waals surface area (Å²) in [5.74, 6) is 1.71. The molecule has 0 radical (unpaired) electrons. The number of aldehydes is 1. The average molecular weight is 289 g/mol. The van der Waals surface area contributed by atoms with Gasteiger partial charge >= 0.3 is 0 Å². The van der Waals surface area contributed by atoms with Crippen molar-refractivity contribution in [3.05, 3.63) is 58.6 Å². The van der Waals surface area contributed by atoms with Gasteiger partial charge < -0.3 is 9.47 Å². The molecule has 0 aliphatic carbocycles. The number of carbonyl (C=O) groups excluding carboxylic acids is 1. The summed E-state index contributed by atoms with van der Waals surface area (Å²) in [5.41, 5.74) is 1.70. The molecule has 0 N–H and O–H groups in total. The third kappa shape index (κ3) is 2.49. The molecule has 1 atom stereocenters. The van der Waals surface area contributed by atoms with Crippen molar-refractivity contribution in [3.8, 4) is 11.5 Å². The topological polar surface area (TPSA) is 35.5 Å². The van der Waals surface area contributed by atoms with Gasteiger partial charge in [0.2, 0.25) is 0 Å². The van der Waals surface area contributed by atoms with E-state index in [0.717, 1.165) is 17.6 Å². The lowest BCUT2D eigenvalue weighted by Crippen LogP contribution is -2.11. The summed E-state index contributed by atoms with van der Waals surface area (Å²) in [6, 6.07) is 13.0. The second kappa shape index (κ2) is 5.55. The highest BCUT2D eigenvalue weighted by Crippen LogP contribution is 2.34. The highest BCUT2D eigenvalue weighted by Gasteiger charge is 2.24. The second-order valence-corrected chi connectivity index (χ2v) is 5.07. The third-order valence-corrected chi connectivity index (χ3v) is 3.63. The maximum atomic E-state index is 10.7. The summed E-state index contributed by atoms with van der Waals surface area (Å²) in [4.78, 5) is 10.7. The number of carbonyl (C=O) groups is 1. The van der Waals surface area contributed by atoms with E-state index >= 15 is 0 Å². The third-order valence-electron chi connectivity index (χ3n) is 3.33. The molecule has 2 aromatic rings. The quantitative estimate of drug-likeness (QED) is 0.805. The van der Waals surface area contributed by atoms with Crippen LogP contribution in [-0.2, 0) is 0 Å². The molecule has 0 saturated carbocycles. The maximum absolute atomic E-state index is 10.7. The van der Waals surface area contributed by atoms with Crippen LogP contribution in [0.5, 0.6) is 11.5 Å². The van der Waals surface area contributed by atoms with Crippen LogP contribution < -0.4 is 9.47 Å². The van der Waals surface area contributed by atoms with Crippen LogP contribution in [0.25, 0.3) is 0 Å². The Labute approximate surface area is 122 Å². The van der Waals surface area contributed by atoms with Crippen molar-refractivity contribution in [1.29, 1.82) is 0 Å². The van der Waals surface area contributed by atoms with E-state index in [9.17, 15) is 4.79 Å². The first-order chi connectivity index (χ1) is 9.78. The van der Waals surface area contributed by atoms with Gasteiger partial charge in [-0.25, -0.2) is 0 Å². The van der Waals surface area contributed by atoms with Crippen molar-refractivity contribution < 1.29 is 14.3 Å². The van der Waals surface area contributed by atoms with Crippen molar-refractivity contribution in [3.63, 3.8) is 0 Å². The Hall–Kier alpha value is -2.00. The highest BCUT2D eigenvalue weighted by molar-refractivity contribution is 6.32. The number of benzene rings is 2. The SMILES string of the molecule is O=Cc1ccc(OCC2COc3ccccc32)c(Cl)c1. The standard InChI is InChI=1S/C16H13ClO3/c17-14-7-11(8-18)5-6-16(14)20-10-12-9-19-15-4-2-1-3-13(12)15/h1-8,12H,9-10H2. The zero-order chi connectivity index (χ0) is 13.9. The Morgan fingerprint density at radius 2 is 2.15 bits per heavy atom. The van der Waals surface area contributed by atoms with Gasteiger partial charge in [-0.05, 0) is 24.3 Å². The number of halogens is 1. The lowest BCUT2D eigenvalue weighted by molar-refractivity contribution is 0.112. The van der Waals surface area contributed by atoms with Gasteiger partial charge in [-0.1, -0.05) is 29.8 Å². The number of rotatable bonds is 4. The molecule has 1 aliphatic heterocycles. The minimum absolute atomic E-state index is 0.202. The fourth-order valence-corrected chi connectivity index (χ4v) is 2.51. The van der Waals surface area contributed by atoms with Crippen molar-refractivity contribution in [2.45, 2.75) is 5.92 Å². The van der Waals surface area contributed by atoms with Gasteiger partial charge in [-0.15, -0.1) is 0 Å². The Bertz CT molecular complexity index is 639. The average Bonchev–Trinajstić information content (AvgIpc) is 2.89. The summed E-state index contributed by atoms with van der Waals surface area (Å²) in [6.07, 6.45) is 0.761. The van der Waals surface area contributed by atoms with Gasteiger partial charge in [-0.3, -0.25) is 4.79 Å². The van der Waals surface area contributed by atoms with E-state index in [2.05, 4.69) is 0 Å². The molecule has 4 heteroatoms. The van der Waals surface area contributed by atoms with Crippen LogP contribution in [0.2, 0.25) is 5.02 Å². The second-order valence-electron chi connectivity index (χ2n) is 4.66. The molecular formula is C16H13ClO3. The van der Waals surface area contributed by atoms with Crippen LogP contribution in [0.4, 0.5) is 0 Å². The molecule has 0 aromatic heterocycles. The Morgan fingerprint density at radius 1 is 1.30 bits per heavy atom. The van der Waals surface area contributed by atoms with Crippen LogP contribution in [0.15, 0.2) is 42.5 Å². The Morgan fingerprint density at radius 3 is 2.95 bits per heavy atom. The van der Waals surface area contributed by atoms with Gasteiger partial charge in [-0.2, -0.15) is 0 Å². The van der Waals surface area contributed by atoms with Crippen LogP contribution in [0.1, 0.15) is 21.8 Å². The number of hydrogen-bond donors (Lipinski definition) is 0. The van der Waals surface area contributed by atoms with Crippen molar-refractivity contribution in [2.24, 2.45) is 0 Å². The maximum Gasteiger partial charge on any atom is 0.150 e. The molecule has 1 unspecified atom stereocenters. The summed E-state index contributed by atoms with van der Waals surface area (Å²) in [7, 11) is 0. The smallest absolute Gasteiger partial charge is 0.150 e. The van der Waals surface area contributed by atoms with Crippen LogP contribution >= 0.6 is 11.6 Å². The molecule has 102 valence electrons. The summed E-state index contributed by atoms with van der Waals surface area (Å²) in [6.45, 7) is 1.11. The van der Waals surface area contributed by atoms with Crippen LogP contribution in [-0.4, -0.2) is 19.5 Å². The molecule has 20 heavy (non-hydrogen) atoms. The monoisotopic (exact) mass is 288 g/mol. The van der Waals surface area contributed by atoms with E-state index in [1.165, 1.54) is 0 Å². The fourth-order valence-electron chi connectivity index (χ4n) is 2.27. The van der Waals surface area contributed by atoms with Gasteiger partial charge in [0.25, 0.3) is 0 Å². The van der Waals surface area contributed by atoms with Gasteiger partial charge in [0.05, 0.1) is 24.2 Å². The van der Waals surface area contributed by atoms with Gasteiger partial charge in [0.15, 0.2) is 0 Å². The normalized spacial score (nSPS) is 16.4. The number of hydrogen-bond acceptors (Lipinski definition) is 3. The van der Waals surface area contributed by atoms with E-state index in [0.29, 0.717) is 29.5 Å². The number of fused-ring (bicyclic) bond motifs is 1. The van der Waals surface area contributed by atoms with E-state index < -0.39 is 0 Å². The van der Waals surface area contributed by atoms with E-state index in [4.69, 9.17) is 21.1 Å². The van der Waals surface area contributed by atoms with Gasteiger partial charge in [0, 0.05) is 11.1 Å². The molecule has 0 amide bonds. The first-order valence-corrected chi connectivity index (χ1v) is 6.75. The largest absolute Gasteiger partial charge is 0.493 e. The molecule has 0 fully saturated rings. The predicted octanol–water partition coefficient (Wildman–Crippen LogP) is 3.71. The first kappa shape index (κ1) is 13.0. The van der Waals surface area contributed by atoms with Crippen molar-refractivity contribution in [2.75, 3.05) is 13.2 Å². The lowest BCUT2D eigenvalue weighted by Gasteiger charge is -2.12. The minimum Gasteiger partial charge on any atom is -0.493 e. The van der Waals surface area contributed by atoms with Crippen LogP contribution in [0, 0.1) is 0 Å². The molecule has 3 nitrogen and oxygen atoms in total. The zero-order valence-corrected chi connectivity index (χ0v) is 11.5. The molecule has 0 bridgehead atoms. The Balaban J connectivity index is 1.70. The number of para-hydroxylation sites is 1. The highest BCUT2D eigenvalue weighted by atomic mass is 35.5. The van der Waals surface area contributed by atoms with Crippen LogP contribution in [0.3, 0.4) is 0 Å².